The molecule has 0 bridgehead atoms. The third kappa shape index (κ3) is 3.19. The highest BCUT2D eigenvalue weighted by Crippen LogP contribution is 2.34. The molecule has 6 nitrogen and oxygen atoms in total. The monoisotopic (exact) mass is 396 g/mol. The van der Waals surface area contributed by atoms with Crippen LogP contribution in [-0.2, 0) is 18.6 Å². The molecule has 27 heavy (non-hydrogen) atoms. The summed E-state index contributed by atoms with van der Waals surface area (Å²) in [5, 5.41) is 9.40. The Balaban J connectivity index is 1.38. The summed E-state index contributed by atoms with van der Waals surface area (Å²) in [6, 6.07) is 9.64. The number of fused-ring (bicyclic) bond motifs is 3. The van der Waals surface area contributed by atoms with Gasteiger partial charge >= 0.3 is 0 Å². The first-order valence-electron chi connectivity index (χ1n) is 8.83. The molecule has 0 saturated carbocycles. The average Bonchev–Trinajstić information content (AvgIpc) is 3.31. The summed E-state index contributed by atoms with van der Waals surface area (Å²) in [6.45, 7) is 0. The van der Waals surface area contributed by atoms with Crippen LogP contribution in [0, 0.1) is 0 Å². The molecule has 3 heterocycles. The van der Waals surface area contributed by atoms with E-state index in [1.54, 1.807) is 11.3 Å². The summed E-state index contributed by atoms with van der Waals surface area (Å²) in [7, 11) is 0. The smallest absolute Gasteiger partial charge is 0.277 e. The minimum Gasteiger partial charge on any atom is -0.411 e. The normalized spacial score (nSPS) is 13.8. The van der Waals surface area contributed by atoms with E-state index in [0.29, 0.717) is 22.7 Å². The van der Waals surface area contributed by atoms with Crippen LogP contribution in [0.25, 0.3) is 21.7 Å². The molecule has 0 fully saturated rings. The summed E-state index contributed by atoms with van der Waals surface area (Å²) in [4.78, 5) is 22.3. The van der Waals surface area contributed by atoms with E-state index in [2.05, 4.69) is 20.2 Å². The van der Waals surface area contributed by atoms with Gasteiger partial charge in [-0.15, -0.1) is 21.5 Å². The van der Waals surface area contributed by atoms with Gasteiger partial charge in [-0.1, -0.05) is 30.0 Å². The Hall–Kier alpha value is -2.45. The van der Waals surface area contributed by atoms with Crippen molar-refractivity contribution in [2.75, 3.05) is 0 Å². The van der Waals surface area contributed by atoms with Crippen molar-refractivity contribution in [3.05, 3.63) is 57.0 Å². The highest BCUT2D eigenvalue weighted by molar-refractivity contribution is 7.98. The standard InChI is InChI=1S/C19H16N4O2S2/c24-16-15-12-8-4-5-9-13(12)27-18(15)21-14(20-16)10-26-19-23-22-17(25-19)11-6-2-1-3-7-11/h1-3,6-7H,4-5,8-10H2,(H,20,21,24). The Bertz CT molecular complexity index is 1160. The van der Waals surface area contributed by atoms with Gasteiger partial charge in [-0.2, -0.15) is 0 Å². The Morgan fingerprint density at radius 2 is 2.00 bits per heavy atom. The van der Waals surface area contributed by atoms with Crippen LogP contribution in [0.3, 0.4) is 0 Å². The number of H-pyrrole nitrogens is 1. The van der Waals surface area contributed by atoms with Crippen LogP contribution in [-0.4, -0.2) is 20.2 Å². The van der Waals surface area contributed by atoms with E-state index in [-0.39, 0.29) is 5.56 Å². The topological polar surface area (TPSA) is 84.7 Å². The van der Waals surface area contributed by atoms with Crippen molar-refractivity contribution in [1.82, 2.24) is 20.2 Å². The first-order chi connectivity index (χ1) is 13.3. The Labute approximate surface area is 163 Å². The molecule has 0 radical (unpaired) electrons. The molecule has 3 aromatic heterocycles. The second-order valence-electron chi connectivity index (χ2n) is 6.43. The second kappa shape index (κ2) is 6.94. The molecule has 1 aliphatic rings. The molecule has 8 heteroatoms. The number of hydrogen-bond donors (Lipinski definition) is 1. The van der Waals surface area contributed by atoms with Crippen molar-refractivity contribution in [2.24, 2.45) is 0 Å². The Morgan fingerprint density at radius 3 is 2.89 bits per heavy atom. The molecule has 5 rings (SSSR count). The molecule has 0 spiro atoms. The molecule has 0 saturated heterocycles. The lowest BCUT2D eigenvalue weighted by molar-refractivity contribution is 0.465. The van der Waals surface area contributed by atoms with E-state index >= 15 is 0 Å². The highest BCUT2D eigenvalue weighted by atomic mass is 32.2. The van der Waals surface area contributed by atoms with Gasteiger partial charge in [0.05, 0.1) is 11.1 Å². The molecule has 1 aliphatic carbocycles. The SMILES string of the molecule is O=c1[nH]c(CSc2nnc(-c3ccccc3)o2)nc2sc3c(c12)CCCC3. The van der Waals surface area contributed by atoms with Gasteiger partial charge in [-0.05, 0) is 43.4 Å². The summed E-state index contributed by atoms with van der Waals surface area (Å²) < 4.78 is 5.70. The Morgan fingerprint density at radius 1 is 1.15 bits per heavy atom. The lowest BCUT2D eigenvalue weighted by Gasteiger charge is -2.09. The molecule has 0 amide bonds. The van der Waals surface area contributed by atoms with Gasteiger partial charge in [0.2, 0.25) is 5.89 Å². The number of aromatic amines is 1. The van der Waals surface area contributed by atoms with E-state index in [1.165, 1.54) is 28.6 Å². The molecule has 0 atom stereocenters. The van der Waals surface area contributed by atoms with Crippen molar-refractivity contribution >= 4 is 33.3 Å². The fraction of sp³-hybridized carbons (Fsp3) is 0.263. The van der Waals surface area contributed by atoms with Gasteiger partial charge in [-0.3, -0.25) is 4.79 Å². The Kier molecular flexibility index (Phi) is 4.29. The van der Waals surface area contributed by atoms with Gasteiger partial charge in [0, 0.05) is 10.4 Å². The predicted octanol–water partition coefficient (Wildman–Crippen LogP) is 4.21. The number of nitrogens with zero attached hydrogens (tertiary/aromatic N) is 3. The van der Waals surface area contributed by atoms with E-state index in [0.717, 1.165) is 35.0 Å². The van der Waals surface area contributed by atoms with Gasteiger partial charge < -0.3 is 9.40 Å². The first kappa shape index (κ1) is 16.7. The van der Waals surface area contributed by atoms with Gasteiger partial charge in [-0.25, -0.2) is 4.98 Å². The molecule has 0 aliphatic heterocycles. The van der Waals surface area contributed by atoms with Crippen molar-refractivity contribution in [2.45, 2.75) is 36.7 Å². The minimum absolute atomic E-state index is 0.0366. The maximum Gasteiger partial charge on any atom is 0.277 e. The summed E-state index contributed by atoms with van der Waals surface area (Å²) in [5.41, 5.74) is 2.05. The van der Waals surface area contributed by atoms with Crippen LogP contribution >= 0.6 is 23.1 Å². The summed E-state index contributed by atoms with van der Waals surface area (Å²) >= 11 is 3.03. The van der Waals surface area contributed by atoms with Crippen molar-refractivity contribution in [1.29, 1.82) is 0 Å². The van der Waals surface area contributed by atoms with Crippen LogP contribution in [0.4, 0.5) is 0 Å². The third-order valence-corrected chi connectivity index (χ3v) is 6.65. The molecule has 1 aromatic carbocycles. The zero-order valence-corrected chi connectivity index (χ0v) is 16.0. The molecule has 4 aromatic rings. The zero-order valence-electron chi connectivity index (χ0n) is 14.4. The van der Waals surface area contributed by atoms with Crippen LogP contribution in [0.2, 0.25) is 0 Å². The fourth-order valence-electron chi connectivity index (χ4n) is 3.37. The summed E-state index contributed by atoms with van der Waals surface area (Å²) in [5.74, 6) is 1.60. The van der Waals surface area contributed by atoms with Gasteiger partial charge in [0.1, 0.15) is 10.7 Å². The second-order valence-corrected chi connectivity index (χ2v) is 8.44. The number of hydrogen-bond acceptors (Lipinski definition) is 7. The quantitative estimate of drug-likeness (QED) is 0.520. The van der Waals surface area contributed by atoms with Crippen molar-refractivity contribution < 1.29 is 4.42 Å². The first-order valence-corrected chi connectivity index (χ1v) is 10.6. The van der Waals surface area contributed by atoms with Crippen LogP contribution in [0.15, 0.2) is 44.8 Å². The third-order valence-electron chi connectivity index (χ3n) is 4.63. The predicted molar refractivity (Wildman–Crippen MR) is 106 cm³/mol. The van der Waals surface area contributed by atoms with Crippen LogP contribution in [0.1, 0.15) is 29.1 Å². The fourth-order valence-corrected chi connectivity index (χ4v) is 5.29. The molecule has 1 N–H and O–H groups in total. The maximum absolute atomic E-state index is 12.6. The number of aromatic nitrogens is 4. The van der Waals surface area contributed by atoms with E-state index in [1.807, 2.05) is 30.3 Å². The maximum atomic E-state index is 12.6. The summed E-state index contributed by atoms with van der Waals surface area (Å²) in [6.07, 6.45) is 4.39. The molecular formula is C19H16N4O2S2. The highest BCUT2D eigenvalue weighted by Gasteiger charge is 2.20. The van der Waals surface area contributed by atoms with Crippen molar-refractivity contribution in [3.63, 3.8) is 0 Å². The largest absolute Gasteiger partial charge is 0.411 e. The van der Waals surface area contributed by atoms with Gasteiger partial charge in [0.15, 0.2) is 0 Å². The van der Waals surface area contributed by atoms with E-state index in [9.17, 15) is 4.79 Å². The van der Waals surface area contributed by atoms with Crippen molar-refractivity contribution in [3.8, 4) is 11.5 Å². The number of thiophene rings is 1. The van der Waals surface area contributed by atoms with Gasteiger partial charge in [0.25, 0.3) is 10.8 Å². The number of aryl methyl sites for hydroxylation is 2. The van der Waals surface area contributed by atoms with E-state index < -0.39 is 0 Å². The number of nitrogens with one attached hydrogen (secondary N) is 1. The van der Waals surface area contributed by atoms with Crippen LogP contribution < -0.4 is 5.56 Å². The minimum atomic E-state index is -0.0366. The van der Waals surface area contributed by atoms with Crippen LogP contribution in [0.5, 0.6) is 0 Å². The number of thioether (sulfide) groups is 1. The average molecular weight is 396 g/mol. The zero-order chi connectivity index (χ0) is 18.2. The number of benzene rings is 1. The molecule has 136 valence electrons. The molecule has 0 unspecified atom stereocenters. The van der Waals surface area contributed by atoms with E-state index in [4.69, 9.17) is 4.42 Å². The number of rotatable bonds is 4. The molecular weight excluding hydrogens is 380 g/mol. The lowest BCUT2D eigenvalue weighted by atomic mass is 9.97. The lowest BCUT2D eigenvalue weighted by Crippen LogP contribution is -2.12.